The van der Waals surface area contributed by atoms with E-state index >= 15 is 0 Å². The van der Waals surface area contributed by atoms with E-state index in [1.807, 2.05) is 5.32 Å². The molecule has 7 heteroatoms. The molecule has 2 atom stereocenters. The van der Waals surface area contributed by atoms with Crippen LogP contribution in [0.3, 0.4) is 0 Å². The number of nitrogens with one attached hydrogen (secondary N) is 1. The molecule has 4 nitrogen and oxygen atoms in total. The van der Waals surface area contributed by atoms with Gasteiger partial charge in [0.1, 0.15) is 0 Å². The van der Waals surface area contributed by atoms with Gasteiger partial charge in [-0.25, -0.2) is 18.0 Å². The van der Waals surface area contributed by atoms with Crippen molar-refractivity contribution in [2.45, 2.75) is 19.1 Å². The average Bonchev–Trinajstić information content (AvgIpc) is 2.21. The highest BCUT2D eigenvalue weighted by molar-refractivity contribution is 5.65. The number of hydrogen-bond acceptors (Lipinski definition) is 2. The molecule has 0 aliphatic rings. The van der Waals surface area contributed by atoms with Gasteiger partial charge < -0.3 is 15.5 Å². The molecule has 1 aromatic carbocycles. The molecule has 0 aliphatic carbocycles. The summed E-state index contributed by atoms with van der Waals surface area (Å²) in [6.07, 6.45) is -2.70. The Balaban J connectivity index is 3.15. The summed E-state index contributed by atoms with van der Waals surface area (Å²) in [6.45, 7) is 1.24. The second-order valence-corrected chi connectivity index (χ2v) is 3.47. The van der Waals surface area contributed by atoms with Gasteiger partial charge in [-0.05, 0) is 24.6 Å². The third kappa shape index (κ3) is 3.10. The van der Waals surface area contributed by atoms with Crippen LogP contribution < -0.4 is 5.32 Å². The molecule has 0 heterocycles. The molecule has 0 aromatic heterocycles. The Morgan fingerprint density at radius 1 is 1.29 bits per heavy atom. The maximum atomic E-state index is 12.9. The monoisotopic (exact) mass is 249 g/mol. The van der Waals surface area contributed by atoms with Crippen LogP contribution in [0.1, 0.15) is 18.5 Å². The number of benzene rings is 1. The normalized spacial score (nSPS) is 14.2. The summed E-state index contributed by atoms with van der Waals surface area (Å²) < 4.78 is 38.5. The molecule has 1 aromatic rings. The minimum Gasteiger partial charge on any atom is -0.465 e. The third-order valence-corrected chi connectivity index (χ3v) is 2.13. The van der Waals surface area contributed by atoms with Gasteiger partial charge in [0, 0.05) is 0 Å². The van der Waals surface area contributed by atoms with E-state index < -0.39 is 35.7 Å². The van der Waals surface area contributed by atoms with Crippen molar-refractivity contribution >= 4 is 6.09 Å². The van der Waals surface area contributed by atoms with Crippen LogP contribution in [0.2, 0.25) is 0 Å². The summed E-state index contributed by atoms with van der Waals surface area (Å²) in [5.41, 5.74) is -0.196. The molecule has 94 valence electrons. The van der Waals surface area contributed by atoms with Crippen molar-refractivity contribution < 1.29 is 28.2 Å². The molecule has 0 saturated heterocycles. The predicted molar refractivity (Wildman–Crippen MR) is 51.9 cm³/mol. The molecular weight excluding hydrogens is 239 g/mol. The fraction of sp³-hybridized carbons (Fsp3) is 0.300. The lowest BCUT2D eigenvalue weighted by Crippen LogP contribution is -2.34. The number of halogens is 3. The van der Waals surface area contributed by atoms with Gasteiger partial charge in [0.2, 0.25) is 0 Å². The Morgan fingerprint density at radius 2 is 1.76 bits per heavy atom. The van der Waals surface area contributed by atoms with Crippen molar-refractivity contribution in [2.24, 2.45) is 0 Å². The van der Waals surface area contributed by atoms with E-state index in [2.05, 4.69) is 0 Å². The summed E-state index contributed by atoms with van der Waals surface area (Å²) in [5, 5.41) is 19.7. The van der Waals surface area contributed by atoms with Crippen LogP contribution in [0.25, 0.3) is 0 Å². The Labute approximate surface area is 94.7 Å². The molecule has 0 aliphatic heterocycles. The molecule has 1 rings (SSSR count). The summed E-state index contributed by atoms with van der Waals surface area (Å²) in [5.74, 6) is -4.54. The number of amides is 1. The molecule has 17 heavy (non-hydrogen) atoms. The Kier molecular flexibility index (Phi) is 3.95. The lowest BCUT2D eigenvalue weighted by Gasteiger charge is -2.20. The summed E-state index contributed by atoms with van der Waals surface area (Å²) in [4.78, 5) is 10.4. The maximum absolute atomic E-state index is 12.9. The number of aliphatic hydroxyl groups excluding tert-OH is 1. The quantitative estimate of drug-likeness (QED) is 0.715. The van der Waals surface area contributed by atoms with Crippen LogP contribution >= 0.6 is 0 Å². The van der Waals surface area contributed by atoms with E-state index in [1.54, 1.807) is 0 Å². The lowest BCUT2D eigenvalue weighted by molar-refractivity contribution is 0.133. The highest BCUT2D eigenvalue weighted by atomic mass is 19.2. The van der Waals surface area contributed by atoms with E-state index in [-0.39, 0.29) is 5.56 Å². The second-order valence-electron chi connectivity index (χ2n) is 3.47. The summed E-state index contributed by atoms with van der Waals surface area (Å²) in [6, 6.07) is 0.0226. The van der Waals surface area contributed by atoms with Crippen molar-refractivity contribution in [3.63, 3.8) is 0 Å². The van der Waals surface area contributed by atoms with Crippen LogP contribution in [0.15, 0.2) is 12.1 Å². The molecule has 1 amide bonds. The zero-order valence-electron chi connectivity index (χ0n) is 8.75. The smallest absolute Gasteiger partial charge is 0.405 e. The van der Waals surface area contributed by atoms with Gasteiger partial charge in [-0.3, -0.25) is 0 Å². The molecule has 3 N–H and O–H groups in total. The average molecular weight is 249 g/mol. The minimum absolute atomic E-state index is 0.196. The maximum Gasteiger partial charge on any atom is 0.405 e. The first-order valence-corrected chi connectivity index (χ1v) is 4.65. The standard InChI is InChI=1S/C10H10F3NO3/c1-4(15)9(14-10(16)17)5-2-6(11)8(13)7(12)3-5/h2-4,9,14-15H,1H3,(H,16,17)/t4-,9-/m0/s1. The van der Waals surface area contributed by atoms with Crippen LogP contribution in [0, 0.1) is 17.5 Å². The topological polar surface area (TPSA) is 69.6 Å². The Hall–Kier alpha value is -1.76. The van der Waals surface area contributed by atoms with Gasteiger partial charge in [0.25, 0.3) is 0 Å². The summed E-state index contributed by atoms with van der Waals surface area (Å²) in [7, 11) is 0. The zero-order valence-corrected chi connectivity index (χ0v) is 8.75. The molecule has 0 bridgehead atoms. The lowest BCUT2D eigenvalue weighted by atomic mass is 10.0. The van der Waals surface area contributed by atoms with Crippen LogP contribution in [-0.2, 0) is 0 Å². The number of rotatable bonds is 3. The Morgan fingerprint density at radius 3 is 2.12 bits per heavy atom. The first-order chi connectivity index (χ1) is 7.82. The third-order valence-electron chi connectivity index (χ3n) is 2.13. The van der Waals surface area contributed by atoms with Gasteiger partial charge in [0.05, 0.1) is 12.1 Å². The fourth-order valence-electron chi connectivity index (χ4n) is 1.37. The zero-order chi connectivity index (χ0) is 13.2. The van der Waals surface area contributed by atoms with E-state index in [0.717, 1.165) is 0 Å². The first-order valence-electron chi connectivity index (χ1n) is 4.65. The first kappa shape index (κ1) is 13.3. The van der Waals surface area contributed by atoms with Crippen molar-refractivity contribution in [1.82, 2.24) is 5.32 Å². The molecule has 0 saturated carbocycles. The number of carbonyl (C=O) groups is 1. The van der Waals surface area contributed by atoms with Gasteiger partial charge in [-0.2, -0.15) is 0 Å². The number of aliphatic hydroxyl groups is 1. The fourth-order valence-corrected chi connectivity index (χ4v) is 1.37. The van der Waals surface area contributed by atoms with Gasteiger partial charge >= 0.3 is 6.09 Å². The van der Waals surface area contributed by atoms with Crippen molar-refractivity contribution in [3.8, 4) is 0 Å². The molecule has 0 unspecified atom stereocenters. The SMILES string of the molecule is C[C@H](O)[C@H](NC(=O)O)c1cc(F)c(F)c(F)c1. The van der Waals surface area contributed by atoms with E-state index in [4.69, 9.17) is 5.11 Å². The van der Waals surface area contributed by atoms with E-state index in [9.17, 15) is 23.1 Å². The van der Waals surface area contributed by atoms with E-state index in [0.29, 0.717) is 12.1 Å². The second kappa shape index (κ2) is 5.05. The molecule has 0 fully saturated rings. The minimum atomic E-state index is -1.64. The van der Waals surface area contributed by atoms with Crippen LogP contribution in [0.5, 0.6) is 0 Å². The van der Waals surface area contributed by atoms with E-state index in [1.165, 1.54) is 6.92 Å². The van der Waals surface area contributed by atoms with Crippen molar-refractivity contribution in [2.75, 3.05) is 0 Å². The summed E-state index contributed by atoms with van der Waals surface area (Å²) >= 11 is 0. The van der Waals surface area contributed by atoms with Gasteiger partial charge in [-0.15, -0.1) is 0 Å². The molecule has 0 radical (unpaired) electrons. The van der Waals surface area contributed by atoms with Crippen LogP contribution in [-0.4, -0.2) is 22.4 Å². The number of hydrogen-bond donors (Lipinski definition) is 3. The molecule has 0 spiro atoms. The van der Waals surface area contributed by atoms with Crippen molar-refractivity contribution in [3.05, 3.63) is 35.1 Å². The van der Waals surface area contributed by atoms with Gasteiger partial charge in [0.15, 0.2) is 17.5 Å². The highest BCUT2D eigenvalue weighted by Crippen LogP contribution is 2.21. The largest absolute Gasteiger partial charge is 0.465 e. The Bertz CT molecular complexity index is 414. The predicted octanol–water partition coefficient (Wildman–Crippen LogP) is 1.79. The van der Waals surface area contributed by atoms with Crippen LogP contribution in [0.4, 0.5) is 18.0 Å². The van der Waals surface area contributed by atoms with Crippen molar-refractivity contribution in [1.29, 1.82) is 0 Å². The highest BCUT2D eigenvalue weighted by Gasteiger charge is 2.22. The molecular formula is C10H10F3NO3. The number of carboxylic acid groups (broad SMARTS) is 1. The van der Waals surface area contributed by atoms with Gasteiger partial charge in [-0.1, -0.05) is 0 Å².